The van der Waals surface area contributed by atoms with Gasteiger partial charge in [-0.3, -0.25) is 24.0 Å². The fourth-order valence-corrected chi connectivity index (χ4v) is 6.17. The van der Waals surface area contributed by atoms with Crippen LogP contribution in [0.15, 0.2) is 49.1 Å². The molecule has 1 aliphatic heterocycles. The Balaban J connectivity index is 1.25. The number of pyridine rings is 1. The van der Waals surface area contributed by atoms with Gasteiger partial charge in [0.05, 0.1) is 5.52 Å². The van der Waals surface area contributed by atoms with Gasteiger partial charge >= 0.3 is 0 Å². The molecule has 2 fully saturated rings. The summed E-state index contributed by atoms with van der Waals surface area (Å²) >= 11 is 0. The van der Waals surface area contributed by atoms with Crippen LogP contribution in [0.25, 0.3) is 22.0 Å². The topological polar surface area (TPSA) is 123 Å². The van der Waals surface area contributed by atoms with Crippen molar-refractivity contribution in [1.82, 2.24) is 34.9 Å². The molecule has 1 N–H and O–H groups in total. The van der Waals surface area contributed by atoms with Crippen molar-refractivity contribution in [1.29, 1.82) is 0 Å². The Morgan fingerprint density at radius 1 is 1.07 bits per heavy atom. The highest BCUT2D eigenvalue weighted by Gasteiger charge is 2.64. The summed E-state index contributed by atoms with van der Waals surface area (Å²) in [5.74, 6) is 0.196. The van der Waals surface area contributed by atoms with E-state index in [1.54, 1.807) is 34.4 Å². The van der Waals surface area contributed by atoms with Crippen molar-refractivity contribution in [2.45, 2.75) is 65.6 Å². The lowest BCUT2D eigenvalue weighted by molar-refractivity contribution is -0.140. The molecule has 2 aliphatic rings. The van der Waals surface area contributed by atoms with Gasteiger partial charge in [-0.1, -0.05) is 13.0 Å². The number of aryl methyl sites for hydroxylation is 2. The number of aromatic nitrogens is 5. The fourth-order valence-electron chi connectivity index (χ4n) is 6.17. The molecule has 4 heterocycles. The van der Waals surface area contributed by atoms with E-state index in [1.807, 2.05) is 38.1 Å². The first-order valence-electron chi connectivity index (χ1n) is 13.9. The molecule has 1 saturated carbocycles. The number of benzene rings is 1. The Hall–Kier alpha value is -4.47. The summed E-state index contributed by atoms with van der Waals surface area (Å²) in [6.07, 6.45) is 9.22. The first-order valence-corrected chi connectivity index (χ1v) is 13.9. The Labute approximate surface area is 238 Å². The number of rotatable bonds is 8. The van der Waals surface area contributed by atoms with Crippen molar-refractivity contribution in [3.8, 4) is 11.1 Å². The second-order valence-electron chi connectivity index (χ2n) is 11.6. The van der Waals surface area contributed by atoms with Gasteiger partial charge in [-0.15, -0.1) is 0 Å². The summed E-state index contributed by atoms with van der Waals surface area (Å²) in [7, 11) is 0. The van der Waals surface area contributed by atoms with Gasteiger partial charge in [-0.25, -0.2) is 9.97 Å². The molecule has 0 unspecified atom stereocenters. The monoisotopic (exact) mass is 551 g/mol. The zero-order valence-electron chi connectivity index (χ0n) is 23.7. The van der Waals surface area contributed by atoms with Crippen LogP contribution < -0.4 is 5.32 Å². The summed E-state index contributed by atoms with van der Waals surface area (Å²) in [5.41, 5.74) is 4.64. The number of ketones is 1. The van der Waals surface area contributed by atoms with Crippen LogP contribution in [0.3, 0.4) is 0 Å². The van der Waals surface area contributed by atoms with Crippen LogP contribution in [0.2, 0.25) is 0 Å². The van der Waals surface area contributed by atoms with Gasteiger partial charge in [-0.05, 0) is 73.4 Å². The molecule has 3 aromatic heterocycles. The minimum absolute atomic E-state index is 0.0346. The number of nitrogens with zero attached hydrogens (tertiary/aromatic N) is 6. The Morgan fingerprint density at radius 2 is 1.85 bits per heavy atom. The Morgan fingerprint density at radius 3 is 2.56 bits per heavy atom. The van der Waals surface area contributed by atoms with Crippen molar-refractivity contribution in [3.63, 3.8) is 0 Å². The molecular formula is C31H33N7O3. The molecule has 4 aromatic rings. The maximum Gasteiger partial charge on any atom is 0.245 e. The van der Waals surface area contributed by atoms with Gasteiger partial charge in [0, 0.05) is 55.2 Å². The highest BCUT2D eigenvalue weighted by molar-refractivity contribution is 6.07. The van der Waals surface area contributed by atoms with E-state index in [0.29, 0.717) is 36.3 Å². The normalized spacial score (nSPS) is 21.1. The third kappa shape index (κ3) is 4.98. The minimum Gasteiger partial charge on any atom is -0.354 e. The van der Waals surface area contributed by atoms with Crippen LogP contribution >= 0.6 is 0 Å². The van der Waals surface area contributed by atoms with E-state index < -0.39 is 6.04 Å². The molecule has 41 heavy (non-hydrogen) atoms. The first-order chi connectivity index (χ1) is 19.6. The molecule has 10 heteroatoms. The Bertz CT molecular complexity index is 1660. The summed E-state index contributed by atoms with van der Waals surface area (Å²) in [5, 5.41) is 8.31. The quantitative estimate of drug-likeness (QED) is 0.333. The molecule has 3 atom stereocenters. The molecule has 2 amide bonds. The number of likely N-dealkylation sites (tertiary alicyclic amines) is 1. The van der Waals surface area contributed by atoms with Crippen LogP contribution in [0.5, 0.6) is 0 Å². The molecule has 10 nitrogen and oxygen atoms in total. The van der Waals surface area contributed by atoms with E-state index in [1.165, 1.54) is 6.92 Å². The van der Waals surface area contributed by atoms with Gasteiger partial charge in [0.15, 0.2) is 5.78 Å². The maximum atomic E-state index is 13.8. The van der Waals surface area contributed by atoms with Crippen molar-refractivity contribution in [2.75, 3.05) is 6.54 Å². The largest absolute Gasteiger partial charge is 0.354 e. The smallest absolute Gasteiger partial charge is 0.245 e. The number of nitrogens with one attached hydrogen (secondary N) is 1. The number of carbonyl (C=O) groups excluding carboxylic acids is 3. The molecule has 1 saturated heterocycles. The number of carbonyl (C=O) groups is 3. The molecule has 0 bridgehead atoms. The summed E-state index contributed by atoms with van der Waals surface area (Å²) < 4.78 is 1.62. The summed E-state index contributed by atoms with van der Waals surface area (Å²) in [6, 6.07) is 7.27. The number of Topliss-reactive ketones (excluding diaryl/α,β-unsaturated/α-hetero) is 1. The fraction of sp³-hybridized carbons (Fsp3) is 0.387. The molecular weight excluding hydrogens is 518 g/mol. The van der Waals surface area contributed by atoms with E-state index in [-0.39, 0.29) is 35.6 Å². The molecule has 1 aromatic carbocycles. The van der Waals surface area contributed by atoms with Gasteiger partial charge in [0.25, 0.3) is 0 Å². The van der Waals surface area contributed by atoms with Crippen molar-refractivity contribution in [2.24, 2.45) is 5.41 Å². The lowest BCUT2D eigenvalue weighted by atomic mass is 10.0. The highest BCUT2D eigenvalue weighted by atomic mass is 16.2. The third-order valence-corrected chi connectivity index (χ3v) is 8.43. The van der Waals surface area contributed by atoms with Crippen molar-refractivity contribution < 1.29 is 14.4 Å². The first kappa shape index (κ1) is 26.7. The average Bonchev–Trinajstić information content (AvgIpc) is 3.30. The van der Waals surface area contributed by atoms with Crippen LogP contribution in [0, 0.1) is 19.3 Å². The van der Waals surface area contributed by atoms with Gasteiger partial charge in [0.1, 0.15) is 24.1 Å². The number of amides is 2. The predicted molar refractivity (Wildman–Crippen MR) is 153 cm³/mol. The van der Waals surface area contributed by atoms with Gasteiger partial charge in [0.2, 0.25) is 11.8 Å². The van der Waals surface area contributed by atoms with Gasteiger partial charge < -0.3 is 10.2 Å². The van der Waals surface area contributed by atoms with Crippen molar-refractivity contribution in [3.05, 3.63) is 71.7 Å². The van der Waals surface area contributed by atoms with E-state index >= 15 is 0 Å². The summed E-state index contributed by atoms with van der Waals surface area (Å²) in [4.78, 5) is 54.2. The minimum atomic E-state index is -0.525. The molecule has 1 aliphatic carbocycles. The van der Waals surface area contributed by atoms with Gasteiger partial charge in [-0.2, -0.15) is 5.10 Å². The van der Waals surface area contributed by atoms with Crippen LogP contribution in [0.4, 0.5) is 0 Å². The van der Waals surface area contributed by atoms with Crippen LogP contribution in [-0.4, -0.2) is 65.9 Å². The van der Waals surface area contributed by atoms with Crippen LogP contribution in [0.1, 0.15) is 54.1 Å². The third-order valence-electron chi connectivity index (χ3n) is 8.43. The average molecular weight is 552 g/mol. The van der Waals surface area contributed by atoms with E-state index in [0.717, 1.165) is 34.2 Å². The lowest BCUT2D eigenvalue weighted by Gasteiger charge is -2.27. The predicted octanol–water partition coefficient (Wildman–Crippen LogP) is 3.45. The van der Waals surface area contributed by atoms with E-state index in [2.05, 4.69) is 32.3 Å². The van der Waals surface area contributed by atoms with E-state index in [4.69, 9.17) is 0 Å². The number of fused-ring (bicyclic) bond motifs is 2. The van der Waals surface area contributed by atoms with Crippen LogP contribution in [-0.2, 0) is 22.6 Å². The lowest BCUT2D eigenvalue weighted by Crippen LogP contribution is -2.49. The second-order valence-corrected chi connectivity index (χ2v) is 11.6. The molecule has 210 valence electrons. The highest BCUT2D eigenvalue weighted by Crippen LogP contribution is 2.59. The number of hydrogen-bond acceptors (Lipinski definition) is 7. The SMILES string of the molecule is CC(=O)c1nn(CC(=O)N2[C@H](C(=O)NCCc3cccnc3)C[C@@]3(C)C[C@@H]23)c2c(C)cc(-c3cnc(C)nc3)cc12. The number of hydrogen-bond donors (Lipinski definition) is 1. The maximum absolute atomic E-state index is 13.8. The molecule has 0 radical (unpaired) electrons. The second kappa shape index (κ2) is 10.2. The molecule has 6 rings (SSSR count). The summed E-state index contributed by atoms with van der Waals surface area (Å²) in [6.45, 7) is 7.81. The standard InChI is InChI=1S/C31H33N7O3/c1-18-10-22(23-15-34-20(3)35-16-23)11-24-28(19(2)39)36-37(29(18)24)17-27(40)38-25(12-31(4)13-26(31)38)30(41)33-9-7-21-6-5-8-32-14-21/h5-6,8,10-11,14-16,25-26H,7,9,12-13,17H2,1-4H3,(H,33,41)/t25-,26+,31-/m0/s1. The zero-order valence-corrected chi connectivity index (χ0v) is 23.7. The zero-order chi connectivity index (χ0) is 28.9. The Kier molecular flexibility index (Phi) is 6.63. The van der Waals surface area contributed by atoms with E-state index in [9.17, 15) is 14.4 Å². The molecule has 0 spiro atoms. The van der Waals surface area contributed by atoms with Crippen molar-refractivity contribution >= 4 is 28.5 Å². The number of piperidine rings is 1.